The molecule has 176 valence electrons. The largest absolute Gasteiger partial charge is 0.369 e. The summed E-state index contributed by atoms with van der Waals surface area (Å²) in [6, 6.07) is 4.06. The van der Waals surface area contributed by atoms with Gasteiger partial charge in [0.15, 0.2) is 5.96 Å². The van der Waals surface area contributed by atoms with Crippen molar-refractivity contribution < 1.29 is 4.79 Å². The molecular formula is C23H41IN6O. The summed E-state index contributed by atoms with van der Waals surface area (Å²) in [4.78, 5) is 22.6. The minimum absolute atomic E-state index is 0. The first-order valence-corrected chi connectivity index (χ1v) is 11.4. The molecule has 1 saturated heterocycles. The first-order valence-electron chi connectivity index (χ1n) is 11.4. The number of amides is 1. The summed E-state index contributed by atoms with van der Waals surface area (Å²) in [5.41, 5.74) is 6.59. The summed E-state index contributed by atoms with van der Waals surface area (Å²) in [7, 11) is 1.80. The Hall–Kier alpha value is -1.58. The molecule has 31 heavy (non-hydrogen) atoms. The molecule has 0 radical (unpaired) electrons. The third kappa shape index (κ3) is 10.1. The zero-order valence-electron chi connectivity index (χ0n) is 19.4. The molecule has 1 aromatic rings. The number of carbonyl (C=O) groups excluding carboxylic acids is 1. The summed E-state index contributed by atoms with van der Waals surface area (Å²) in [6.07, 6.45) is 9.77. The third-order valence-electron chi connectivity index (χ3n) is 5.73. The Morgan fingerprint density at radius 2 is 1.94 bits per heavy atom. The molecular weight excluding hydrogens is 503 g/mol. The predicted molar refractivity (Wildman–Crippen MR) is 140 cm³/mol. The third-order valence-corrected chi connectivity index (χ3v) is 5.73. The Morgan fingerprint density at radius 3 is 2.58 bits per heavy atom. The number of hydrogen-bond donors (Lipinski definition) is 3. The highest BCUT2D eigenvalue weighted by Crippen LogP contribution is 2.24. The van der Waals surface area contributed by atoms with Crippen molar-refractivity contribution in [1.82, 2.24) is 15.6 Å². The van der Waals surface area contributed by atoms with Gasteiger partial charge in [-0.15, -0.1) is 24.0 Å². The molecule has 0 aromatic carbocycles. The second kappa shape index (κ2) is 15.3. The van der Waals surface area contributed by atoms with Gasteiger partial charge < -0.3 is 21.3 Å². The van der Waals surface area contributed by atoms with Gasteiger partial charge in [0.1, 0.15) is 5.82 Å². The second-order valence-corrected chi connectivity index (χ2v) is 8.60. The minimum atomic E-state index is -0.188. The molecule has 4 N–H and O–H groups in total. The lowest BCUT2D eigenvalue weighted by Crippen LogP contribution is -2.40. The van der Waals surface area contributed by atoms with E-state index in [1.807, 2.05) is 12.3 Å². The van der Waals surface area contributed by atoms with Crippen molar-refractivity contribution in [3.63, 3.8) is 0 Å². The maximum absolute atomic E-state index is 11.4. The molecule has 0 saturated carbocycles. The van der Waals surface area contributed by atoms with E-state index in [4.69, 9.17) is 5.73 Å². The lowest BCUT2D eigenvalue weighted by atomic mass is 9.96. The predicted octanol–water partition coefficient (Wildman–Crippen LogP) is 3.67. The molecule has 1 fully saturated rings. The van der Waals surface area contributed by atoms with Gasteiger partial charge in [0.2, 0.25) is 5.91 Å². The normalized spacial score (nSPS) is 15.0. The number of piperidine rings is 1. The number of guanidine groups is 1. The fraction of sp³-hybridized carbons (Fsp3) is 0.696. The van der Waals surface area contributed by atoms with E-state index in [-0.39, 0.29) is 35.8 Å². The van der Waals surface area contributed by atoms with Gasteiger partial charge in [-0.25, -0.2) is 4.98 Å². The molecule has 0 spiro atoms. The monoisotopic (exact) mass is 544 g/mol. The number of hydrogen-bond acceptors (Lipinski definition) is 4. The van der Waals surface area contributed by atoms with Gasteiger partial charge >= 0.3 is 0 Å². The zero-order valence-corrected chi connectivity index (χ0v) is 21.7. The van der Waals surface area contributed by atoms with E-state index in [9.17, 15) is 4.79 Å². The first kappa shape index (κ1) is 27.5. The molecule has 1 aliphatic rings. The topological polar surface area (TPSA) is 95.6 Å². The molecule has 0 bridgehead atoms. The number of halogens is 1. The van der Waals surface area contributed by atoms with Crippen molar-refractivity contribution in [3.05, 3.63) is 23.9 Å². The average molecular weight is 545 g/mol. The van der Waals surface area contributed by atoms with Crippen LogP contribution in [0.1, 0.15) is 64.4 Å². The minimum Gasteiger partial charge on any atom is -0.369 e. The molecule has 0 unspecified atom stereocenters. The molecule has 2 rings (SSSR count). The van der Waals surface area contributed by atoms with Crippen molar-refractivity contribution in [2.45, 2.75) is 65.3 Å². The van der Waals surface area contributed by atoms with E-state index < -0.39 is 0 Å². The highest BCUT2D eigenvalue weighted by Gasteiger charge is 2.24. The molecule has 0 atom stereocenters. The van der Waals surface area contributed by atoms with Crippen molar-refractivity contribution in [3.8, 4) is 0 Å². The van der Waals surface area contributed by atoms with E-state index in [1.165, 1.54) is 25.7 Å². The molecule has 1 aliphatic heterocycles. The van der Waals surface area contributed by atoms with Crippen LogP contribution in [0, 0.1) is 11.8 Å². The number of nitrogens with zero attached hydrogens (tertiary/aromatic N) is 3. The van der Waals surface area contributed by atoms with E-state index in [0.29, 0.717) is 6.54 Å². The van der Waals surface area contributed by atoms with E-state index in [1.54, 1.807) is 7.05 Å². The van der Waals surface area contributed by atoms with E-state index in [0.717, 1.165) is 62.2 Å². The Bertz CT molecular complexity index is 674. The number of carbonyl (C=O) groups is 1. The summed E-state index contributed by atoms with van der Waals surface area (Å²) in [6.45, 7) is 7.78. The smallest absolute Gasteiger partial charge is 0.220 e. The molecule has 1 amide bonds. The van der Waals surface area contributed by atoms with Gasteiger partial charge in [0.05, 0.1) is 0 Å². The lowest BCUT2D eigenvalue weighted by Gasteiger charge is -2.32. The highest BCUT2D eigenvalue weighted by molar-refractivity contribution is 14.0. The van der Waals surface area contributed by atoms with Crippen LogP contribution in [0.3, 0.4) is 0 Å². The zero-order chi connectivity index (χ0) is 21.8. The summed E-state index contributed by atoms with van der Waals surface area (Å²) >= 11 is 0. The van der Waals surface area contributed by atoms with Gasteiger partial charge in [0, 0.05) is 50.9 Å². The average Bonchev–Trinajstić information content (AvgIpc) is 2.75. The second-order valence-electron chi connectivity index (χ2n) is 8.60. The summed E-state index contributed by atoms with van der Waals surface area (Å²) in [5.74, 6) is 2.40. The van der Waals surface area contributed by atoms with Crippen LogP contribution in [0.4, 0.5) is 5.82 Å². The van der Waals surface area contributed by atoms with Crippen LogP contribution < -0.4 is 21.3 Å². The van der Waals surface area contributed by atoms with Crippen molar-refractivity contribution >= 4 is 41.7 Å². The van der Waals surface area contributed by atoms with Crippen LogP contribution in [0.2, 0.25) is 0 Å². The van der Waals surface area contributed by atoms with Gasteiger partial charge in [-0.1, -0.05) is 45.6 Å². The molecule has 0 aliphatic carbocycles. The fourth-order valence-electron chi connectivity index (χ4n) is 3.87. The van der Waals surface area contributed by atoms with Crippen LogP contribution in [0.15, 0.2) is 23.3 Å². The van der Waals surface area contributed by atoms with Gasteiger partial charge in [-0.05, 0) is 31.2 Å². The number of nitrogens with two attached hydrogens (primary N) is 1. The van der Waals surface area contributed by atoms with Crippen LogP contribution in [0.5, 0.6) is 0 Å². The lowest BCUT2D eigenvalue weighted by molar-refractivity contribution is -0.122. The number of aromatic nitrogens is 1. The quantitative estimate of drug-likeness (QED) is 0.171. The Kier molecular flexibility index (Phi) is 13.5. The van der Waals surface area contributed by atoms with Gasteiger partial charge in [0.25, 0.3) is 0 Å². The maximum Gasteiger partial charge on any atom is 0.220 e. The Labute approximate surface area is 205 Å². The molecule has 2 heterocycles. The van der Waals surface area contributed by atoms with E-state index in [2.05, 4.69) is 45.4 Å². The fourth-order valence-corrected chi connectivity index (χ4v) is 3.87. The van der Waals surface area contributed by atoms with Gasteiger partial charge in [-0.3, -0.25) is 9.79 Å². The number of aliphatic imine (C=N–C) groups is 1. The Morgan fingerprint density at radius 1 is 1.23 bits per heavy atom. The molecule has 7 nitrogen and oxygen atoms in total. The highest BCUT2D eigenvalue weighted by atomic mass is 127. The summed E-state index contributed by atoms with van der Waals surface area (Å²) < 4.78 is 0. The van der Waals surface area contributed by atoms with Gasteiger partial charge in [-0.2, -0.15) is 0 Å². The van der Waals surface area contributed by atoms with Crippen LogP contribution in [-0.4, -0.2) is 43.5 Å². The van der Waals surface area contributed by atoms with Crippen LogP contribution in [0.25, 0.3) is 0 Å². The number of anilines is 1. The van der Waals surface area contributed by atoms with Crippen molar-refractivity contribution in [2.75, 3.05) is 31.6 Å². The number of pyridine rings is 1. The number of primary amides is 1. The standard InChI is InChI=1S/C23H40N6O.HI/c1-18(2)9-6-4-5-7-13-27-23(25-3)28-17-20-10-8-14-26-22(20)29-15-11-19(12-16-29)21(24)30;/h8,10,14,18-19H,4-7,9,11-13,15-17H2,1-3H3,(H2,24,30)(H2,25,27,28);1H. The maximum atomic E-state index is 11.4. The van der Waals surface area contributed by atoms with Crippen molar-refractivity contribution in [2.24, 2.45) is 22.6 Å². The number of rotatable bonds is 11. The number of nitrogens with one attached hydrogen (secondary N) is 2. The SMILES string of the molecule is CN=C(NCCCCCCC(C)C)NCc1cccnc1N1CCC(C(N)=O)CC1.I. The van der Waals surface area contributed by atoms with Crippen LogP contribution in [-0.2, 0) is 11.3 Å². The van der Waals surface area contributed by atoms with Crippen molar-refractivity contribution in [1.29, 1.82) is 0 Å². The van der Waals surface area contributed by atoms with E-state index >= 15 is 0 Å². The number of unbranched alkanes of at least 4 members (excludes halogenated alkanes) is 3. The summed E-state index contributed by atoms with van der Waals surface area (Å²) in [5, 5.41) is 6.82. The molecule has 1 aromatic heterocycles. The first-order chi connectivity index (χ1) is 14.5. The Balaban J connectivity index is 0.00000480. The molecule has 8 heteroatoms. The van der Waals surface area contributed by atoms with Crippen LogP contribution >= 0.6 is 24.0 Å².